The van der Waals surface area contributed by atoms with Crippen molar-refractivity contribution in [1.29, 1.82) is 0 Å². The van der Waals surface area contributed by atoms with Crippen LogP contribution in [-0.2, 0) is 0 Å². The zero-order chi connectivity index (χ0) is 12.1. The van der Waals surface area contributed by atoms with Crippen LogP contribution in [0.25, 0.3) is 5.70 Å². The summed E-state index contributed by atoms with van der Waals surface area (Å²) in [6.07, 6.45) is 5.30. The summed E-state index contributed by atoms with van der Waals surface area (Å²) in [4.78, 5) is 10.2. The summed E-state index contributed by atoms with van der Waals surface area (Å²) < 4.78 is 0. The van der Waals surface area contributed by atoms with Crippen molar-refractivity contribution in [3.05, 3.63) is 27.3 Å². The standard InChI is InChI=1S/C14H16N2S2/c1-9-6-7-13(18-9)12-8-17-14-15-10-4-2-3-5-11(10)16(12)14/h6-8,10-11H,2-5H2,1H3/t10-,11+/m0/s1. The summed E-state index contributed by atoms with van der Waals surface area (Å²) in [5.41, 5.74) is 1.39. The third kappa shape index (κ3) is 1.58. The Morgan fingerprint density at radius 1 is 1.28 bits per heavy atom. The second kappa shape index (κ2) is 4.14. The monoisotopic (exact) mass is 276 g/mol. The molecule has 0 spiro atoms. The van der Waals surface area contributed by atoms with E-state index >= 15 is 0 Å². The van der Waals surface area contributed by atoms with Gasteiger partial charge in [-0.1, -0.05) is 24.6 Å². The number of fused-ring (bicyclic) bond motifs is 3. The van der Waals surface area contributed by atoms with Crippen LogP contribution in [0.1, 0.15) is 35.4 Å². The number of thioether (sulfide) groups is 1. The van der Waals surface area contributed by atoms with Gasteiger partial charge >= 0.3 is 0 Å². The van der Waals surface area contributed by atoms with E-state index in [9.17, 15) is 0 Å². The van der Waals surface area contributed by atoms with E-state index in [1.165, 1.54) is 46.3 Å². The molecule has 0 aromatic carbocycles. The summed E-state index contributed by atoms with van der Waals surface area (Å²) in [5, 5.41) is 3.53. The summed E-state index contributed by atoms with van der Waals surface area (Å²) in [6, 6.07) is 5.67. The molecule has 1 aliphatic carbocycles. The Hall–Kier alpha value is -0.740. The first-order valence-electron chi connectivity index (χ1n) is 6.63. The number of nitrogens with zero attached hydrogens (tertiary/aromatic N) is 2. The van der Waals surface area contributed by atoms with Crippen LogP contribution in [0.2, 0.25) is 0 Å². The molecule has 1 aromatic rings. The number of aliphatic imine (C=N–C) groups is 1. The van der Waals surface area contributed by atoms with Crippen molar-refractivity contribution in [2.24, 2.45) is 4.99 Å². The molecule has 2 atom stereocenters. The molecule has 1 aromatic heterocycles. The molecule has 4 heteroatoms. The number of rotatable bonds is 1. The lowest BCUT2D eigenvalue weighted by Gasteiger charge is -2.31. The van der Waals surface area contributed by atoms with Crippen LogP contribution in [0.4, 0.5) is 0 Å². The van der Waals surface area contributed by atoms with Gasteiger partial charge in [0.25, 0.3) is 0 Å². The van der Waals surface area contributed by atoms with E-state index in [0.717, 1.165) is 0 Å². The molecule has 0 amide bonds. The molecular formula is C14H16N2S2. The average molecular weight is 276 g/mol. The molecule has 0 radical (unpaired) electrons. The number of hydrogen-bond donors (Lipinski definition) is 0. The van der Waals surface area contributed by atoms with Gasteiger partial charge in [0.1, 0.15) is 0 Å². The molecule has 0 N–H and O–H groups in total. The molecule has 1 saturated carbocycles. The van der Waals surface area contributed by atoms with Gasteiger partial charge in [0.05, 0.1) is 22.7 Å². The minimum absolute atomic E-state index is 0.561. The highest BCUT2D eigenvalue weighted by atomic mass is 32.2. The van der Waals surface area contributed by atoms with E-state index in [1.807, 2.05) is 23.1 Å². The maximum Gasteiger partial charge on any atom is 0.168 e. The Morgan fingerprint density at radius 3 is 3.00 bits per heavy atom. The molecule has 4 rings (SSSR count). The predicted octanol–water partition coefficient (Wildman–Crippen LogP) is 4.08. The van der Waals surface area contributed by atoms with Crippen molar-refractivity contribution in [1.82, 2.24) is 4.90 Å². The maximum atomic E-state index is 4.91. The van der Waals surface area contributed by atoms with E-state index in [-0.39, 0.29) is 0 Å². The van der Waals surface area contributed by atoms with Gasteiger partial charge in [-0.2, -0.15) is 0 Å². The molecule has 0 unspecified atom stereocenters. The van der Waals surface area contributed by atoms with E-state index in [2.05, 4.69) is 29.4 Å². The largest absolute Gasteiger partial charge is 0.314 e. The predicted molar refractivity (Wildman–Crippen MR) is 79.9 cm³/mol. The molecule has 94 valence electrons. The highest BCUT2D eigenvalue weighted by Gasteiger charge is 2.42. The molecule has 18 heavy (non-hydrogen) atoms. The summed E-state index contributed by atoms with van der Waals surface area (Å²) in [7, 11) is 0. The third-order valence-electron chi connectivity index (χ3n) is 4.04. The zero-order valence-electron chi connectivity index (χ0n) is 10.4. The van der Waals surface area contributed by atoms with Gasteiger partial charge in [-0.05, 0) is 31.9 Å². The first-order chi connectivity index (χ1) is 8.83. The van der Waals surface area contributed by atoms with Crippen LogP contribution < -0.4 is 0 Å². The van der Waals surface area contributed by atoms with Crippen LogP contribution in [-0.4, -0.2) is 22.2 Å². The van der Waals surface area contributed by atoms with Crippen molar-refractivity contribution >= 4 is 34.0 Å². The molecular weight excluding hydrogens is 260 g/mol. The molecule has 3 aliphatic rings. The quantitative estimate of drug-likeness (QED) is 0.768. The second-order valence-electron chi connectivity index (χ2n) is 5.23. The fourth-order valence-corrected chi connectivity index (χ4v) is 5.13. The van der Waals surface area contributed by atoms with Crippen molar-refractivity contribution < 1.29 is 0 Å². The Kier molecular flexibility index (Phi) is 2.55. The van der Waals surface area contributed by atoms with E-state index in [0.29, 0.717) is 12.1 Å². The van der Waals surface area contributed by atoms with Crippen molar-refractivity contribution in [3.8, 4) is 0 Å². The maximum absolute atomic E-state index is 4.91. The number of hydrogen-bond acceptors (Lipinski definition) is 4. The first-order valence-corrected chi connectivity index (χ1v) is 8.33. The Balaban J connectivity index is 1.69. The Labute approximate surface area is 116 Å². The van der Waals surface area contributed by atoms with Gasteiger partial charge in [-0.15, -0.1) is 11.3 Å². The minimum atomic E-state index is 0.561. The summed E-state index contributed by atoms with van der Waals surface area (Å²) in [6.45, 7) is 2.18. The van der Waals surface area contributed by atoms with Crippen molar-refractivity contribution in [2.45, 2.75) is 44.7 Å². The lowest BCUT2D eigenvalue weighted by atomic mass is 9.90. The molecule has 0 saturated heterocycles. The average Bonchev–Trinajstić information content (AvgIpc) is 3.02. The fourth-order valence-electron chi connectivity index (χ4n) is 3.17. The number of aryl methyl sites for hydroxylation is 1. The lowest BCUT2D eigenvalue weighted by molar-refractivity contribution is 0.306. The molecule has 0 bridgehead atoms. The van der Waals surface area contributed by atoms with Gasteiger partial charge in [-0.3, -0.25) is 4.99 Å². The van der Waals surface area contributed by atoms with E-state index in [1.54, 1.807) is 0 Å². The van der Waals surface area contributed by atoms with Crippen LogP contribution in [0, 0.1) is 6.92 Å². The topological polar surface area (TPSA) is 15.6 Å². The number of amidine groups is 1. The highest BCUT2D eigenvalue weighted by Crippen LogP contribution is 2.45. The Bertz CT molecular complexity index is 544. The first kappa shape index (κ1) is 11.1. The molecule has 2 nitrogen and oxygen atoms in total. The summed E-state index contributed by atoms with van der Waals surface area (Å²) in [5.74, 6) is 0. The van der Waals surface area contributed by atoms with Gasteiger partial charge in [0.15, 0.2) is 5.17 Å². The fraction of sp³-hybridized carbons (Fsp3) is 0.500. The van der Waals surface area contributed by atoms with Gasteiger partial charge in [0, 0.05) is 10.3 Å². The van der Waals surface area contributed by atoms with E-state index in [4.69, 9.17) is 4.99 Å². The minimum Gasteiger partial charge on any atom is -0.314 e. The number of thiophene rings is 1. The SMILES string of the molecule is Cc1ccc(C2=CSC3=N[C@H]4CCCC[C@H]4N23)s1. The van der Waals surface area contributed by atoms with Crippen LogP contribution in [0.5, 0.6) is 0 Å². The van der Waals surface area contributed by atoms with Crippen molar-refractivity contribution in [2.75, 3.05) is 0 Å². The molecule has 3 heterocycles. The second-order valence-corrected chi connectivity index (χ2v) is 7.36. The van der Waals surface area contributed by atoms with E-state index < -0.39 is 0 Å². The van der Waals surface area contributed by atoms with Crippen molar-refractivity contribution in [3.63, 3.8) is 0 Å². The van der Waals surface area contributed by atoms with Crippen LogP contribution in [0.15, 0.2) is 22.5 Å². The normalized spacial score (nSPS) is 29.9. The van der Waals surface area contributed by atoms with Gasteiger partial charge < -0.3 is 4.90 Å². The van der Waals surface area contributed by atoms with Crippen LogP contribution >= 0.6 is 23.1 Å². The zero-order valence-corrected chi connectivity index (χ0v) is 12.1. The molecule has 1 fully saturated rings. The van der Waals surface area contributed by atoms with Crippen LogP contribution in [0.3, 0.4) is 0 Å². The summed E-state index contributed by atoms with van der Waals surface area (Å²) >= 11 is 3.71. The smallest absolute Gasteiger partial charge is 0.168 e. The third-order valence-corrected chi connectivity index (χ3v) is 5.91. The Morgan fingerprint density at radius 2 is 2.17 bits per heavy atom. The molecule has 2 aliphatic heterocycles. The van der Waals surface area contributed by atoms with Gasteiger partial charge in [-0.25, -0.2) is 0 Å². The van der Waals surface area contributed by atoms with Gasteiger partial charge in [0.2, 0.25) is 0 Å². The lowest BCUT2D eigenvalue weighted by Crippen LogP contribution is -2.37. The highest BCUT2D eigenvalue weighted by molar-refractivity contribution is 8.16.